The first-order valence-electron chi connectivity index (χ1n) is 8.69. The van der Waals surface area contributed by atoms with Gasteiger partial charge in [0.15, 0.2) is 0 Å². The molecule has 7 heteroatoms. The first-order valence-corrected chi connectivity index (χ1v) is 8.69. The molecule has 3 rings (SSSR count). The van der Waals surface area contributed by atoms with Gasteiger partial charge >= 0.3 is 6.03 Å². The summed E-state index contributed by atoms with van der Waals surface area (Å²) in [6, 6.07) is 3.83. The zero-order chi connectivity index (χ0) is 17.8. The third-order valence-electron chi connectivity index (χ3n) is 4.82. The number of methoxy groups -OCH3 is 1. The number of hydrogen-bond donors (Lipinski definition) is 1. The summed E-state index contributed by atoms with van der Waals surface area (Å²) in [6.07, 6.45) is 4.55. The molecule has 2 amide bonds. The van der Waals surface area contributed by atoms with Gasteiger partial charge in [0.1, 0.15) is 18.1 Å². The summed E-state index contributed by atoms with van der Waals surface area (Å²) >= 11 is 0. The molecular weight excluding hydrogens is 320 g/mol. The summed E-state index contributed by atoms with van der Waals surface area (Å²) < 4.78 is 12.8. The standard InChI is InChI=1S/C18H26N4O3/c1-13-14(11-20-21(13)2)8-9-19-18(23)22-10-4-5-16(22)17-7-6-15(25-17)12-24-3/h6-7,11,16H,4-5,8-10,12H2,1-3H3,(H,19,23)/t16-/m1/s1. The van der Waals surface area contributed by atoms with Crippen LogP contribution in [0.15, 0.2) is 22.7 Å². The summed E-state index contributed by atoms with van der Waals surface area (Å²) in [7, 11) is 3.56. The molecular formula is C18H26N4O3. The number of amides is 2. The Balaban J connectivity index is 1.56. The van der Waals surface area contributed by atoms with E-state index in [-0.39, 0.29) is 12.1 Å². The third-order valence-corrected chi connectivity index (χ3v) is 4.82. The summed E-state index contributed by atoms with van der Waals surface area (Å²) in [6.45, 7) is 3.84. The Bertz CT molecular complexity index is 722. The molecule has 2 aromatic heterocycles. The number of likely N-dealkylation sites (tertiary alicyclic amines) is 1. The topological polar surface area (TPSA) is 72.5 Å². The van der Waals surface area contributed by atoms with Crippen molar-refractivity contribution < 1.29 is 13.9 Å². The third kappa shape index (κ3) is 3.87. The van der Waals surface area contributed by atoms with Gasteiger partial charge in [0.2, 0.25) is 0 Å². The fourth-order valence-electron chi connectivity index (χ4n) is 3.29. The number of furan rings is 1. The lowest BCUT2D eigenvalue weighted by Gasteiger charge is -2.23. The molecule has 0 bridgehead atoms. The van der Waals surface area contributed by atoms with Gasteiger partial charge in [-0.2, -0.15) is 5.10 Å². The number of rotatable bonds is 6. The number of hydrogen-bond acceptors (Lipinski definition) is 4. The Hall–Kier alpha value is -2.28. The minimum atomic E-state index is -0.0336. The van der Waals surface area contributed by atoms with E-state index in [1.807, 2.05) is 41.9 Å². The zero-order valence-electron chi connectivity index (χ0n) is 15.1. The smallest absolute Gasteiger partial charge is 0.318 e. The molecule has 1 aliphatic heterocycles. The van der Waals surface area contributed by atoms with Gasteiger partial charge in [0, 0.05) is 32.9 Å². The maximum Gasteiger partial charge on any atom is 0.318 e. The van der Waals surface area contributed by atoms with E-state index in [0.29, 0.717) is 13.2 Å². The van der Waals surface area contributed by atoms with Crippen LogP contribution in [0.3, 0.4) is 0 Å². The van der Waals surface area contributed by atoms with E-state index in [0.717, 1.165) is 48.6 Å². The molecule has 0 unspecified atom stereocenters. The lowest BCUT2D eigenvalue weighted by atomic mass is 10.2. The van der Waals surface area contributed by atoms with E-state index >= 15 is 0 Å². The van der Waals surface area contributed by atoms with Gasteiger partial charge < -0.3 is 19.4 Å². The number of nitrogens with one attached hydrogen (secondary N) is 1. The Labute approximate surface area is 147 Å². The second-order valence-electron chi connectivity index (χ2n) is 6.45. The molecule has 7 nitrogen and oxygen atoms in total. The van der Waals surface area contributed by atoms with Crippen molar-refractivity contribution in [1.29, 1.82) is 0 Å². The van der Waals surface area contributed by atoms with Gasteiger partial charge in [-0.05, 0) is 43.9 Å². The molecule has 0 spiro atoms. The fourth-order valence-corrected chi connectivity index (χ4v) is 3.29. The van der Waals surface area contributed by atoms with E-state index in [1.54, 1.807) is 7.11 Å². The summed E-state index contributed by atoms with van der Waals surface area (Å²) in [5.74, 6) is 1.62. The molecule has 0 radical (unpaired) electrons. The quantitative estimate of drug-likeness (QED) is 0.872. The monoisotopic (exact) mass is 346 g/mol. The lowest BCUT2D eigenvalue weighted by molar-refractivity contribution is 0.156. The predicted molar refractivity (Wildman–Crippen MR) is 93.1 cm³/mol. The van der Waals surface area contributed by atoms with Crippen LogP contribution in [0.25, 0.3) is 0 Å². The first kappa shape index (κ1) is 17.5. The maximum absolute atomic E-state index is 12.6. The highest BCUT2D eigenvalue weighted by Crippen LogP contribution is 2.33. The van der Waals surface area contributed by atoms with E-state index in [2.05, 4.69) is 10.4 Å². The Kier molecular flexibility index (Phi) is 5.43. The highest BCUT2D eigenvalue weighted by molar-refractivity contribution is 5.75. The second-order valence-corrected chi connectivity index (χ2v) is 6.45. The van der Waals surface area contributed by atoms with E-state index < -0.39 is 0 Å². The average molecular weight is 346 g/mol. The molecule has 1 N–H and O–H groups in total. The highest BCUT2D eigenvalue weighted by atomic mass is 16.5. The van der Waals surface area contributed by atoms with Crippen molar-refractivity contribution in [3.8, 4) is 0 Å². The summed E-state index contributed by atoms with van der Waals surface area (Å²) in [5.41, 5.74) is 2.30. The van der Waals surface area contributed by atoms with Crippen LogP contribution in [-0.2, 0) is 24.8 Å². The van der Waals surface area contributed by atoms with Crippen LogP contribution in [0.2, 0.25) is 0 Å². The van der Waals surface area contributed by atoms with Crippen LogP contribution in [0.4, 0.5) is 4.79 Å². The normalized spacial score (nSPS) is 17.2. The van der Waals surface area contributed by atoms with Crippen LogP contribution >= 0.6 is 0 Å². The molecule has 1 fully saturated rings. The number of carbonyl (C=O) groups excluding carboxylic acids is 1. The van der Waals surface area contributed by atoms with E-state index in [4.69, 9.17) is 9.15 Å². The Morgan fingerprint density at radius 3 is 3.04 bits per heavy atom. The van der Waals surface area contributed by atoms with Gasteiger partial charge in [0.25, 0.3) is 0 Å². The highest BCUT2D eigenvalue weighted by Gasteiger charge is 2.32. The Morgan fingerprint density at radius 1 is 1.48 bits per heavy atom. The second kappa shape index (κ2) is 7.74. The Morgan fingerprint density at radius 2 is 2.32 bits per heavy atom. The number of ether oxygens (including phenoxy) is 1. The van der Waals surface area contributed by atoms with Gasteiger partial charge in [-0.1, -0.05) is 0 Å². The first-order chi connectivity index (χ1) is 12.1. The molecule has 0 aromatic carbocycles. The van der Waals surface area contributed by atoms with Crippen molar-refractivity contribution >= 4 is 6.03 Å². The number of carbonyl (C=O) groups is 1. The van der Waals surface area contributed by atoms with E-state index in [1.165, 1.54) is 0 Å². The molecule has 25 heavy (non-hydrogen) atoms. The summed E-state index contributed by atoms with van der Waals surface area (Å²) in [5, 5.41) is 7.26. The molecule has 136 valence electrons. The molecule has 1 atom stereocenters. The molecule has 1 aliphatic rings. The number of nitrogens with zero attached hydrogens (tertiary/aromatic N) is 3. The van der Waals surface area contributed by atoms with Crippen molar-refractivity contribution in [2.75, 3.05) is 20.2 Å². The van der Waals surface area contributed by atoms with Crippen molar-refractivity contribution in [1.82, 2.24) is 20.0 Å². The van der Waals surface area contributed by atoms with Gasteiger partial charge in [-0.15, -0.1) is 0 Å². The largest absolute Gasteiger partial charge is 0.461 e. The molecule has 0 aliphatic carbocycles. The lowest BCUT2D eigenvalue weighted by Crippen LogP contribution is -2.40. The molecule has 3 heterocycles. The van der Waals surface area contributed by atoms with Crippen molar-refractivity contribution in [2.24, 2.45) is 7.05 Å². The van der Waals surface area contributed by atoms with Crippen LogP contribution in [0, 0.1) is 6.92 Å². The maximum atomic E-state index is 12.6. The molecule has 1 saturated heterocycles. The minimum Gasteiger partial charge on any atom is -0.461 e. The number of urea groups is 1. The van der Waals surface area contributed by atoms with Gasteiger partial charge in [0.05, 0.1) is 12.2 Å². The molecule has 2 aromatic rings. The van der Waals surface area contributed by atoms with Gasteiger partial charge in [-0.25, -0.2) is 4.79 Å². The van der Waals surface area contributed by atoms with E-state index in [9.17, 15) is 4.79 Å². The van der Waals surface area contributed by atoms with Crippen LogP contribution in [-0.4, -0.2) is 40.9 Å². The van der Waals surface area contributed by atoms with Crippen molar-refractivity contribution in [3.05, 3.63) is 41.1 Å². The summed E-state index contributed by atoms with van der Waals surface area (Å²) in [4.78, 5) is 14.4. The fraction of sp³-hybridized carbons (Fsp3) is 0.556. The number of aryl methyl sites for hydroxylation is 1. The van der Waals surface area contributed by atoms with Crippen molar-refractivity contribution in [2.45, 2.75) is 38.8 Å². The van der Waals surface area contributed by atoms with Crippen molar-refractivity contribution in [3.63, 3.8) is 0 Å². The molecule has 0 saturated carbocycles. The minimum absolute atomic E-state index is 0.00531. The van der Waals surface area contributed by atoms with Gasteiger partial charge in [-0.3, -0.25) is 4.68 Å². The van der Waals surface area contributed by atoms with Crippen LogP contribution < -0.4 is 5.32 Å². The number of aromatic nitrogens is 2. The van der Waals surface area contributed by atoms with Crippen LogP contribution in [0.5, 0.6) is 0 Å². The SMILES string of the molecule is COCc1ccc([C@H]2CCCN2C(=O)NCCc2cnn(C)c2C)o1. The average Bonchev–Trinajstić information content (AvgIpc) is 3.31. The predicted octanol–water partition coefficient (Wildman–Crippen LogP) is 2.56. The zero-order valence-corrected chi connectivity index (χ0v) is 15.1. The van der Waals surface area contributed by atoms with Crippen LogP contribution in [0.1, 0.15) is 41.7 Å².